The maximum atomic E-state index is 13.2. The van der Waals surface area contributed by atoms with Crippen molar-refractivity contribution in [2.45, 2.75) is 25.2 Å². The Morgan fingerprint density at radius 2 is 1.69 bits per heavy atom. The zero-order valence-corrected chi connectivity index (χ0v) is 17.7. The van der Waals surface area contributed by atoms with Gasteiger partial charge in [-0.25, -0.2) is 8.42 Å². The van der Waals surface area contributed by atoms with Crippen LogP contribution in [0.5, 0.6) is 5.75 Å². The highest BCUT2D eigenvalue weighted by Gasteiger charge is 2.27. The molecule has 0 saturated heterocycles. The second kappa shape index (κ2) is 11.4. The summed E-state index contributed by atoms with van der Waals surface area (Å²) in [5, 5.41) is 2.75. The lowest BCUT2D eigenvalue weighted by Crippen LogP contribution is -2.41. The molecule has 0 heterocycles. The first-order valence-electron chi connectivity index (χ1n) is 9.64. The fourth-order valence-corrected chi connectivity index (χ4v) is 4.08. The number of carbonyl (C=O) groups excluding carboxylic acids is 1. The van der Waals surface area contributed by atoms with Crippen LogP contribution in [0.4, 0.5) is 5.69 Å². The Kier molecular flexibility index (Phi) is 8.95. The van der Waals surface area contributed by atoms with Gasteiger partial charge in [-0.15, -0.1) is 0 Å². The molecule has 2 aromatic carbocycles. The number of benzene rings is 2. The quantitative estimate of drug-likeness (QED) is 0.534. The Balaban J connectivity index is 2.20. The van der Waals surface area contributed by atoms with Crippen LogP contribution in [0.25, 0.3) is 0 Å². The van der Waals surface area contributed by atoms with Crippen LogP contribution >= 0.6 is 0 Å². The molecule has 0 fully saturated rings. The summed E-state index contributed by atoms with van der Waals surface area (Å²) in [5.74, 6) is 0.253. The molecule has 7 nitrogen and oxygen atoms in total. The minimum Gasteiger partial charge on any atom is -0.494 e. The fourth-order valence-electron chi connectivity index (χ4n) is 2.64. The number of ether oxygens (including phenoxy) is 2. The molecular formula is C21H28N2O5S. The summed E-state index contributed by atoms with van der Waals surface area (Å²) in [7, 11) is -3.91. The van der Waals surface area contributed by atoms with E-state index in [1.165, 1.54) is 12.1 Å². The molecular weight excluding hydrogens is 392 g/mol. The Morgan fingerprint density at radius 1 is 1.00 bits per heavy atom. The lowest BCUT2D eigenvalue weighted by atomic mass is 10.3. The summed E-state index contributed by atoms with van der Waals surface area (Å²) in [5.41, 5.74) is 0.391. The molecule has 0 aromatic heterocycles. The third-order valence-electron chi connectivity index (χ3n) is 4.05. The van der Waals surface area contributed by atoms with Gasteiger partial charge in [0.15, 0.2) is 0 Å². The third kappa shape index (κ3) is 6.76. The van der Waals surface area contributed by atoms with Crippen molar-refractivity contribution in [1.29, 1.82) is 0 Å². The predicted molar refractivity (Wildman–Crippen MR) is 113 cm³/mol. The molecule has 0 aliphatic carbocycles. The van der Waals surface area contributed by atoms with E-state index in [4.69, 9.17) is 9.47 Å². The van der Waals surface area contributed by atoms with E-state index < -0.39 is 10.0 Å². The number of hydrogen-bond acceptors (Lipinski definition) is 5. The van der Waals surface area contributed by atoms with Gasteiger partial charge in [0, 0.05) is 19.8 Å². The maximum Gasteiger partial charge on any atom is 0.264 e. The van der Waals surface area contributed by atoms with E-state index in [1.54, 1.807) is 42.5 Å². The van der Waals surface area contributed by atoms with E-state index in [9.17, 15) is 13.2 Å². The van der Waals surface area contributed by atoms with Crippen LogP contribution in [-0.2, 0) is 19.6 Å². The Hall–Kier alpha value is -2.58. The lowest BCUT2D eigenvalue weighted by molar-refractivity contribution is -0.119. The van der Waals surface area contributed by atoms with Crippen molar-refractivity contribution in [1.82, 2.24) is 5.32 Å². The minimum atomic E-state index is -3.91. The van der Waals surface area contributed by atoms with Crippen LogP contribution in [0, 0.1) is 0 Å². The van der Waals surface area contributed by atoms with Crippen molar-refractivity contribution in [3.63, 3.8) is 0 Å². The highest BCUT2D eigenvalue weighted by molar-refractivity contribution is 7.92. The SMILES string of the molecule is CCOCCCNC(=O)CN(c1ccc(OCC)cc1)S(=O)(=O)c1ccccc1. The maximum absolute atomic E-state index is 13.2. The highest BCUT2D eigenvalue weighted by atomic mass is 32.2. The van der Waals surface area contributed by atoms with Crippen molar-refractivity contribution >= 4 is 21.6 Å². The normalized spacial score (nSPS) is 11.1. The predicted octanol–water partition coefficient (Wildman–Crippen LogP) is 2.82. The Morgan fingerprint density at radius 3 is 2.31 bits per heavy atom. The molecule has 29 heavy (non-hydrogen) atoms. The first-order chi connectivity index (χ1) is 14.0. The van der Waals surface area contributed by atoms with Gasteiger partial charge in [-0.2, -0.15) is 0 Å². The average molecular weight is 421 g/mol. The van der Waals surface area contributed by atoms with E-state index in [2.05, 4.69) is 5.32 Å². The number of amides is 1. The molecule has 8 heteroatoms. The Bertz CT molecular complexity index is 854. The monoisotopic (exact) mass is 420 g/mol. The van der Waals surface area contributed by atoms with Gasteiger partial charge in [0.1, 0.15) is 12.3 Å². The summed E-state index contributed by atoms with van der Waals surface area (Å²) in [4.78, 5) is 12.5. The van der Waals surface area contributed by atoms with Gasteiger partial charge in [0.25, 0.3) is 10.0 Å². The van der Waals surface area contributed by atoms with Gasteiger partial charge >= 0.3 is 0 Å². The largest absolute Gasteiger partial charge is 0.494 e. The second-order valence-corrected chi connectivity index (χ2v) is 8.01. The van der Waals surface area contributed by atoms with Crippen LogP contribution in [0.1, 0.15) is 20.3 Å². The zero-order chi connectivity index (χ0) is 21.1. The molecule has 0 bridgehead atoms. The van der Waals surface area contributed by atoms with Crippen LogP contribution in [0.2, 0.25) is 0 Å². The molecule has 0 saturated carbocycles. The van der Waals surface area contributed by atoms with Gasteiger partial charge in [-0.1, -0.05) is 18.2 Å². The van der Waals surface area contributed by atoms with Crippen molar-refractivity contribution in [2.75, 3.05) is 37.2 Å². The summed E-state index contributed by atoms with van der Waals surface area (Å²) in [6.45, 7) is 5.55. The topological polar surface area (TPSA) is 84.9 Å². The molecule has 0 aliphatic rings. The van der Waals surface area contributed by atoms with E-state index in [0.717, 1.165) is 4.31 Å². The molecule has 1 N–H and O–H groups in total. The third-order valence-corrected chi connectivity index (χ3v) is 5.83. The highest BCUT2D eigenvalue weighted by Crippen LogP contribution is 2.25. The van der Waals surface area contributed by atoms with Crippen molar-refractivity contribution < 1.29 is 22.7 Å². The smallest absolute Gasteiger partial charge is 0.264 e. The molecule has 1 amide bonds. The van der Waals surface area contributed by atoms with E-state index in [0.29, 0.717) is 44.2 Å². The molecule has 0 unspecified atom stereocenters. The number of anilines is 1. The van der Waals surface area contributed by atoms with Crippen LogP contribution < -0.4 is 14.4 Å². The van der Waals surface area contributed by atoms with E-state index in [-0.39, 0.29) is 17.3 Å². The number of nitrogens with zero attached hydrogens (tertiary/aromatic N) is 1. The molecule has 0 radical (unpaired) electrons. The average Bonchev–Trinajstić information content (AvgIpc) is 2.73. The van der Waals surface area contributed by atoms with Crippen LogP contribution in [0.15, 0.2) is 59.5 Å². The summed E-state index contributed by atoms with van der Waals surface area (Å²) < 4.78 is 38.1. The van der Waals surface area contributed by atoms with Crippen molar-refractivity contribution in [3.05, 3.63) is 54.6 Å². The number of nitrogens with one attached hydrogen (secondary N) is 1. The van der Waals surface area contributed by atoms with Gasteiger partial charge in [0.2, 0.25) is 5.91 Å². The van der Waals surface area contributed by atoms with Gasteiger partial charge < -0.3 is 14.8 Å². The van der Waals surface area contributed by atoms with E-state index in [1.807, 2.05) is 13.8 Å². The zero-order valence-electron chi connectivity index (χ0n) is 16.8. The lowest BCUT2D eigenvalue weighted by Gasteiger charge is -2.24. The first kappa shape index (κ1) is 22.7. The number of hydrogen-bond donors (Lipinski definition) is 1. The number of rotatable bonds is 12. The van der Waals surface area contributed by atoms with Crippen LogP contribution in [0.3, 0.4) is 0 Å². The molecule has 0 aliphatic heterocycles. The number of carbonyl (C=O) groups is 1. The summed E-state index contributed by atoms with van der Waals surface area (Å²) in [6, 6.07) is 14.7. The summed E-state index contributed by atoms with van der Waals surface area (Å²) in [6.07, 6.45) is 0.661. The second-order valence-electron chi connectivity index (χ2n) is 6.15. The minimum absolute atomic E-state index is 0.123. The molecule has 158 valence electrons. The first-order valence-corrected chi connectivity index (χ1v) is 11.1. The standard InChI is InChI=1S/C21H28N2O5S/c1-3-27-16-8-15-22-21(24)17-23(18-11-13-19(14-12-18)28-4-2)29(25,26)20-9-6-5-7-10-20/h5-7,9-14H,3-4,8,15-17H2,1-2H3,(H,22,24). The van der Waals surface area contributed by atoms with E-state index >= 15 is 0 Å². The Labute approximate surface area is 172 Å². The van der Waals surface area contributed by atoms with Gasteiger partial charge in [-0.3, -0.25) is 9.10 Å². The molecule has 2 rings (SSSR count). The molecule has 0 spiro atoms. The summed E-state index contributed by atoms with van der Waals surface area (Å²) >= 11 is 0. The van der Waals surface area contributed by atoms with Gasteiger partial charge in [-0.05, 0) is 56.7 Å². The van der Waals surface area contributed by atoms with Gasteiger partial charge in [0.05, 0.1) is 17.2 Å². The van der Waals surface area contributed by atoms with Crippen LogP contribution in [-0.4, -0.2) is 47.2 Å². The number of sulfonamides is 1. The van der Waals surface area contributed by atoms with Crippen molar-refractivity contribution in [3.8, 4) is 5.75 Å². The molecule has 0 atom stereocenters. The molecule has 2 aromatic rings. The van der Waals surface area contributed by atoms with Crippen molar-refractivity contribution in [2.24, 2.45) is 0 Å². The fraction of sp³-hybridized carbons (Fsp3) is 0.381.